The Morgan fingerprint density at radius 3 is 1.48 bits per heavy atom. The Bertz CT molecular complexity index is 386. The van der Waals surface area contributed by atoms with Gasteiger partial charge < -0.3 is 4.90 Å². The quantitative estimate of drug-likeness (QED) is 0.388. The molecule has 2 nitrogen and oxygen atoms in total. The van der Waals surface area contributed by atoms with Crippen LogP contribution in [-0.2, 0) is 0 Å². The number of hydrogen-bond acceptors (Lipinski definition) is 2. The topological polar surface area (TPSA) is 6.48 Å². The third-order valence-corrected chi connectivity index (χ3v) is 7.49. The molecule has 0 bridgehead atoms. The molecule has 0 aliphatic rings. The molecule has 0 aromatic rings. The summed E-state index contributed by atoms with van der Waals surface area (Å²) >= 11 is 0. The highest BCUT2D eigenvalue weighted by atomic mass is 15.2. The van der Waals surface area contributed by atoms with Crippen molar-refractivity contribution in [2.24, 2.45) is 28.6 Å². The lowest BCUT2D eigenvalue weighted by molar-refractivity contribution is 0.0433. The molecule has 0 aliphatic carbocycles. The van der Waals surface area contributed by atoms with Gasteiger partial charge in [-0.2, -0.15) is 0 Å². The van der Waals surface area contributed by atoms with Gasteiger partial charge in [-0.05, 0) is 61.9 Å². The molecule has 27 heavy (non-hydrogen) atoms. The van der Waals surface area contributed by atoms with Crippen molar-refractivity contribution in [3.05, 3.63) is 0 Å². The van der Waals surface area contributed by atoms with Gasteiger partial charge in [0.1, 0.15) is 0 Å². The van der Waals surface area contributed by atoms with Crippen molar-refractivity contribution < 1.29 is 0 Å². The minimum Gasteiger partial charge on any atom is -0.304 e. The van der Waals surface area contributed by atoms with E-state index in [1.807, 2.05) is 0 Å². The Labute approximate surface area is 173 Å². The van der Waals surface area contributed by atoms with Crippen LogP contribution in [0, 0.1) is 28.6 Å². The van der Waals surface area contributed by atoms with Gasteiger partial charge in [0.2, 0.25) is 0 Å². The van der Waals surface area contributed by atoms with Gasteiger partial charge in [0.15, 0.2) is 0 Å². The van der Waals surface area contributed by atoms with Crippen molar-refractivity contribution in [2.45, 2.75) is 109 Å². The van der Waals surface area contributed by atoms with E-state index in [4.69, 9.17) is 0 Å². The van der Waals surface area contributed by atoms with E-state index in [1.54, 1.807) is 0 Å². The van der Waals surface area contributed by atoms with Crippen LogP contribution in [0.3, 0.4) is 0 Å². The molecule has 2 heteroatoms. The largest absolute Gasteiger partial charge is 0.304 e. The van der Waals surface area contributed by atoms with Crippen molar-refractivity contribution in [3.63, 3.8) is 0 Å². The predicted molar refractivity (Wildman–Crippen MR) is 124 cm³/mol. The summed E-state index contributed by atoms with van der Waals surface area (Å²) in [6, 6.07) is 1.23. The second-order valence-corrected chi connectivity index (χ2v) is 11.5. The molecule has 0 saturated heterocycles. The maximum atomic E-state index is 2.84. The smallest absolute Gasteiger partial charge is 0.0108 e. The van der Waals surface area contributed by atoms with E-state index in [2.05, 4.69) is 99.8 Å². The van der Waals surface area contributed by atoms with Crippen molar-refractivity contribution in [2.75, 3.05) is 26.2 Å². The second-order valence-electron chi connectivity index (χ2n) is 11.5. The van der Waals surface area contributed by atoms with E-state index in [-0.39, 0.29) is 0 Å². The van der Waals surface area contributed by atoms with Crippen LogP contribution in [0.4, 0.5) is 0 Å². The Balaban J connectivity index is 5.38. The first kappa shape index (κ1) is 26.9. The number of rotatable bonds is 11. The zero-order valence-electron chi connectivity index (χ0n) is 21.3. The van der Waals surface area contributed by atoms with E-state index >= 15 is 0 Å². The molecule has 5 atom stereocenters. The van der Waals surface area contributed by atoms with Gasteiger partial charge in [0.05, 0.1) is 0 Å². The van der Waals surface area contributed by atoms with E-state index in [1.165, 1.54) is 19.5 Å². The number of hydrogen-bond donors (Lipinski definition) is 0. The van der Waals surface area contributed by atoms with Crippen LogP contribution in [0.15, 0.2) is 0 Å². The summed E-state index contributed by atoms with van der Waals surface area (Å²) in [4.78, 5) is 5.42. The van der Waals surface area contributed by atoms with Crippen LogP contribution in [-0.4, -0.2) is 48.1 Å². The standard InChI is InChI=1S/C25H54N2/c1-14-26(15-2)17-19(3)23(7)27(18-21(5)25(11,12)13)22(6)16-20(4)24(8,9)10/h19-23H,14-18H2,1-13H3. The van der Waals surface area contributed by atoms with E-state index < -0.39 is 0 Å². The van der Waals surface area contributed by atoms with Crippen LogP contribution < -0.4 is 0 Å². The molecule has 0 rings (SSSR count). The summed E-state index contributed by atoms with van der Waals surface area (Å²) in [5.41, 5.74) is 0.737. The molecule has 0 fully saturated rings. The molecule has 5 unspecified atom stereocenters. The Morgan fingerprint density at radius 1 is 0.667 bits per heavy atom. The van der Waals surface area contributed by atoms with E-state index in [9.17, 15) is 0 Å². The fourth-order valence-corrected chi connectivity index (χ4v) is 3.71. The maximum Gasteiger partial charge on any atom is 0.0108 e. The van der Waals surface area contributed by atoms with Gasteiger partial charge in [-0.3, -0.25) is 4.90 Å². The van der Waals surface area contributed by atoms with E-state index in [0.29, 0.717) is 34.7 Å². The molecule has 0 aliphatic heterocycles. The summed E-state index contributed by atoms with van der Waals surface area (Å²) in [6.45, 7) is 35.9. The van der Waals surface area contributed by atoms with Crippen molar-refractivity contribution in [3.8, 4) is 0 Å². The molecule has 164 valence electrons. The summed E-state index contributed by atoms with van der Waals surface area (Å²) in [5, 5.41) is 0. The molecular weight excluding hydrogens is 328 g/mol. The normalized spacial score (nSPS) is 19.2. The molecule has 0 aromatic heterocycles. The van der Waals surface area contributed by atoms with Gasteiger partial charge >= 0.3 is 0 Å². The zero-order chi connectivity index (χ0) is 21.6. The molecule has 0 heterocycles. The molecular formula is C25H54N2. The number of nitrogens with zero attached hydrogens (tertiary/aromatic N) is 2. The van der Waals surface area contributed by atoms with Crippen LogP contribution >= 0.6 is 0 Å². The van der Waals surface area contributed by atoms with Gasteiger partial charge in [-0.15, -0.1) is 0 Å². The van der Waals surface area contributed by atoms with Crippen molar-refractivity contribution in [1.82, 2.24) is 9.80 Å². The van der Waals surface area contributed by atoms with Gasteiger partial charge in [-0.25, -0.2) is 0 Å². The highest BCUT2D eigenvalue weighted by Crippen LogP contribution is 2.33. The van der Waals surface area contributed by atoms with Gasteiger partial charge in [-0.1, -0.05) is 76.2 Å². The SMILES string of the molecule is CCN(CC)CC(C)C(C)N(CC(C)C(C)(C)C)C(C)CC(C)C(C)(C)C. The fourth-order valence-electron chi connectivity index (χ4n) is 3.71. The van der Waals surface area contributed by atoms with Gasteiger partial charge in [0, 0.05) is 25.2 Å². The van der Waals surface area contributed by atoms with Gasteiger partial charge in [0.25, 0.3) is 0 Å². The van der Waals surface area contributed by atoms with Crippen molar-refractivity contribution in [1.29, 1.82) is 0 Å². The Morgan fingerprint density at radius 2 is 1.11 bits per heavy atom. The summed E-state index contributed by atoms with van der Waals surface area (Å²) in [6.07, 6.45) is 1.28. The fraction of sp³-hybridized carbons (Fsp3) is 1.00. The lowest BCUT2D eigenvalue weighted by Gasteiger charge is -2.44. The Kier molecular flexibility index (Phi) is 11.2. The minimum atomic E-state index is 0.357. The van der Waals surface area contributed by atoms with Crippen molar-refractivity contribution >= 4 is 0 Å². The average molecular weight is 383 g/mol. The molecule has 0 N–H and O–H groups in total. The van der Waals surface area contributed by atoms with Crippen LogP contribution in [0.25, 0.3) is 0 Å². The summed E-state index contributed by atoms with van der Waals surface area (Å²) in [5.74, 6) is 2.10. The lowest BCUT2D eigenvalue weighted by Crippen LogP contribution is -2.50. The molecule has 0 amide bonds. The predicted octanol–water partition coefficient (Wildman–Crippen LogP) is 6.80. The first-order valence-corrected chi connectivity index (χ1v) is 11.6. The van der Waals surface area contributed by atoms with Crippen LogP contribution in [0.5, 0.6) is 0 Å². The van der Waals surface area contributed by atoms with Crippen LogP contribution in [0.1, 0.15) is 96.4 Å². The first-order chi connectivity index (χ1) is 12.1. The highest BCUT2D eigenvalue weighted by Gasteiger charge is 2.32. The molecule has 0 saturated carbocycles. The van der Waals surface area contributed by atoms with E-state index in [0.717, 1.165) is 19.0 Å². The second kappa shape index (κ2) is 11.2. The lowest BCUT2D eigenvalue weighted by atomic mass is 9.77. The molecule has 0 spiro atoms. The molecule has 0 aromatic carbocycles. The third-order valence-electron chi connectivity index (χ3n) is 7.49. The highest BCUT2D eigenvalue weighted by molar-refractivity contribution is 4.85. The molecule has 0 radical (unpaired) electrons. The third kappa shape index (κ3) is 9.31. The average Bonchev–Trinajstić information content (AvgIpc) is 2.54. The zero-order valence-corrected chi connectivity index (χ0v) is 21.3. The Hall–Kier alpha value is -0.0800. The minimum absolute atomic E-state index is 0.357. The summed E-state index contributed by atoms with van der Waals surface area (Å²) in [7, 11) is 0. The van der Waals surface area contributed by atoms with Crippen LogP contribution in [0.2, 0.25) is 0 Å². The monoisotopic (exact) mass is 382 g/mol. The first-order valence-electron chi connectivity index (χ1n) is 11.6. The maximum absolute atomic E-state index is 2.84. The summed E-state index contributed by atoms with van der Waals surface area (Å²) < 4.78 is 0.